The second kappa shape index (κ2) is 12.3. The van der Waals surface area contributed by atoms with E-state index in [1.54, 1.807) is 6.08 Å². The Morgan fingerprint density at radius 3 is 2.00 bits per heavy atom. The van der Waals surface area contributed by atoms with Crippen molar-refractivity contribution in [2.45, 2.75) is 77.2 Å². The number of hydrogen-bond acceptors (Lipinski definition) is 2. The molecule has 0 aromatic heterocycles. The topological polar surface area (TPSA) is 40.5 Å². The van der Waals surface area contributed by atoms with E-state index in [1.165, 1.54) is 44.9 Å². The lowest BCUT2D eigenvalue weighted by atomic mass is 9.75. The number of unbranched alkanes of at least 4 members (excludes halogenated alkanes) is 8. The van der Waals surface area contributed by atoms with Gasteiger partial charge in [-0.05, 0) is 12.0 Å². The highest BCUT2D eigenvalue weighted by molar-refractivity contribution is 5.22. The van der Waals surface area contributed by atoms with E-state index in [0.29, 0.717) is 0 Å². The van der Waals surface area contributed by atoms with E-state index < -0.39 is 11.5 Å². The summed E-state index contributed by atoms with van der Waals surface area (Å²) >= 11 is 0. The molecule has 2 atom stereocenters. The zero-order chi connectivity index (χ0) is 17.7. The van der Waals surface area contributed by atoms with Crippen molar-refractivity contribution in [3.63, 3.8) is 0 Å². The standard InChI is InChI=1S/C22H36O2/c1-3-5-6-7-8-9-10-11-15-18-22(4-2,19-23)21(24)20-16-13-12-14-17-20/h4,12-14,16-17,21,23-24H,2-3,5-11,15,18-19H2,1H3/t21-,22-/m0/s1. The van der Waals surface area contributed by atoms with Gasteiger partial charge >= 0.3 is 0 Å². The molecule has 0 aliphatic heterocycles. The van der Waals surface area contributed by atoms with Crippen LogP contribution in [0.5, 0.6) is 0 Å². The summed E-state index contributed by atoms with van der Waals surface area (Å²) in [6.07, 6.45) is 13.2. The number of aliphatic hydroxyl groups is 2. The van der Waals surface area contributed by atoms with E-state index in [-0.39, 0.29) is 6.61 Å². The summed E-state index contributed by atoms with van der Waals surface area (Å²) in [5, 5.41) is 20.6. The largest absolute Gasteiger partial charge is 0.395 e. The van der Waals surface area contributed by atoms with E-state index >= 15 is 0 Å². The maximum Gasteiger partial charge on any atom is 0.0902 e. The van der Waals surface area contributed by atoms with Crippen molar-refractivity contribution in [3.8, 4) is 0 Å². The van der Waals surface area contributed by atoms with Crippen molar-refractivity contribution in [3.05, 3.63) is 48.6 Å². The predicted octanol–water partition coefficient (Wildman–Crippen LogP) is 5.81. The van der Waals surface area contributed by atoms with Crippen LogP contribution >= 0.6 is 0 Å². The summed E-state index contributed by atoms with van der Waals surface area (Å²) < 4.78 is 0. The highest BCUT2D eigenvalue weighted by atomic mass is 16.3. The molecule has 0 aliphatic carbocycles. The third kappa shape index (κ3) is 6.78. The Bertz CT molecular complexity index is 429. The molecule has 2 N–H and O–H groups in total. The molecule has 136 valence electrons. The Morgan fingerprint density at radius 1 is 0.958 bits per heavy atom. The monoisotopic (exact) mass is 332 g/mol. The van der Waals surface area contributed by atoms with Crippen LogP contribution in [0.2, 0.25) is 0 Å². The van der Waals surface area contributed by atoms with Gasteiger partial charge in [0, 0.05) is 5.41 Å². The van der Waals surface area contributed by atoms with Crippen molar-refractivity contribution < 1.29 is 10.2 Å². The minimum atomic E-state index is -0.699. The molecule has 0 saturated heterocycles. The molecule has 0 amide bonds. The minimum Gasteiger partial charge on any atom is -0.395 e. The summed E-state index contributed by atoms with van der Waals surface area (Å²) in [6.45, 7) is 6.07. The fourth-order valence-corrected chi connectivity index (χ4v) is 3.31. The maximum atomic E-state index is 10.7. The molecular weight excluding hydrogens is 296 g/mol. The van der Waals surface area contributed by atoms with Crippen LogP contribution in [0.25, 0.3) is 0 Å². The fraction of sp³-hybridized carbons (Fsp3) is 0.636. The Kier molecular flexibility index (Phi) is 10.7. The van der Waals surface area contributed by atoms with Gasteiger partial charge in [-0.3, -0.25) is 0 Å². The Balaban J connectivity index is 2.36. The van der Waals surface area contributed by atoms with Gasteiger partial charge in [0.15, 0.2) is 0 Å². The molecule has 0 saturated carbocycles. The van der Waals surface area contributed by atoms with Gasteiger partial charge in [0.2, 0.25) is 0 Å². The number of benzene rings is 1. The zero-order valence-electron chi connectivity index (χ0n) is 15.4. The van der Waals surface area contributed by atoms with Crippen LogP contribution in [0, 0.1) is 5.41 Å². The molecule has 0 aliphatic rings. The summed E-state index contributed by atoms with van der Waals surface area (Å²) in [7, 11) is 0. The highest BCUT2D eigenvalue weighted by Crippen LogP contribution is 2.39. The molecule has 1 aromatic carbocycles. The maximum absolute atomic E-state index is 10.7. The first-order valence-electron chi connectivity index (χ1n) is 9.67. The third-order valence-corrected chi connectivity index (χ3v) is 5.11. The Hall–Kier alpha value is -1.12. The lowest BCUT2D eigenvalue weighted by Crippen LogP contribution is -2.31. The molecule has 24 heavy (non-hydrogen) atoms. The van der Waals surface area contributed by atoms with Crippen LogP contribution in [-0.2, 0) is 0 Å². The molecule has 0 spiro atoms. The van der Waals surface area contributed by atoms with E-state index in [4.69, 9.17) is 0 Å². The first kappa shape index (κ1) is 20.9. The van der Waals surface area contributed by atoms with Crippen LogP contribution in [-0.4, -0.2) is 16.8 Å². The van der Waals surface area contributed by atoms with E-state index in [0.717, 1.165) is 24.8 Å². The van der Waals surface area contributed by atoms with Crippen LogP contribution in [0.3, 0.4) is 0 Å². The predicted molar refractivity (Wildman–Crippen MR) is 103 cm³/mol. The van der Waals surface area contributed by atoms with Crippen molar-refractivity contribution >= 4 is 0 Å². The number of rotatable bonds is 14. The summed E-state index contributed by atoms with van der Waals surface area (Å²) in [5.41, 5.74) is 0.213. The van der Waals surface area contributed by atoms with Crippen LogP contribution < -0.4 is 0 Å². The van der Waals surface area contributed by atoms with Gasteiger partial charge in [-0.15, -0.1) is 6.58 Å². The molecule has 2 heteroatoms. The summed E-state index contributed by atoms with van der Waals surface area (Å²) in [5.74, 6) is 0. The second-order valence-corrected chi connectivity index (χ2v) is 6.99. The van der Waals surface area contributed by atoms with Crippen molar-refractivity contribution in [2.24, 2.45) is 5.41 Å². The molecule has 0 radical (unpaired) electrons. The van der Waals surface area contributed by atoms with E-state index in [9.17, 15) is 10.2 Å². The lowest BCUT2D eigenvalue weighted by Gasteiger charge is -2.34. The molecule has 2 nitrogen and oxygen atoms in total. The summed E-state index contributed by atoms with van der Waals surface area (Å²) in [4.78, 5) is 0. The van der Waals surface area contributed by atoms with Crippen molar-refractivity contribution in [2.75, 3.05) is 6.61 Å². The third-order valence-electron chi connectivity index (χ3n) is 5.11. The molecular formula is C22H36O2. The van der Waals surface area contributed by atoms with Gasteiger partial charge in [-0.1, -0.05) is 101 Å². The molecule has 0 fully saturated rings. The lowest BCUT2D eigenvalue weighted by molar-refractivity contribution is 0.00706. The summed E-state index contributed by atoms with van der Waals surface area (Å²) in [6, 6.07) is 9.60. The van der Waals surface area contributed by atoms with Crippen LogP contribution in [0.1, 0.15) is 82.8 Å². The van der Waals surface area contributed by atoms with Crippen LogP contribution in [0.15, 0.2) is 43.0 Å². The van der Waals surface area contributed by atoms with E-state index in [2.05, 4.69) is 13.5 Å². The number of aliphatic hydroxyl groups excluding tert-OH is 2. The normalized spacial score (nSPS) is 15.0. The van der Waals surface area contributed by atoms with Crippen LogP contribution in [0.4, 0.5) is 0 Å². The van der Waals surface area contributed by atoms with Gasteiger partial charge < -0.3 is 10.2 Å². The molecule has 1 aromatic rings. The average molecular weight is 333 g/mol. The first-order chi connectivity index (χ1) is 11.7. The van der Waals surface area contributed by atoms with Gasteiger partial charge in [-0.2, -0.15) is 0 Å². The Labute approximate surface area is 148 Å². The molecule has 0 heterocycles. The molecule has 0 bridgehead atoms. The van der Waals surface area contributed by atoms with E-state index in [1.807, 2.05) is 30.3 Å². The van der Waals surface area contributed by atoms with Gasteiger partial charge in [0.1, 0.15) is 0 Å². The van der Waals surface area contributed by atoms with Gasteiger partial charge in [0.05, 0.1) is 12.7 Å². The Morgan fingerprint density at radius 2 is 1.50 bits per heavy atom. The number of hydrogen-bond donors (Lipinski definition) is 2. The van der Waals surface area contributed by atoms with Gasteiger partial charge in [-0.25, -0.2) is 0 Å². The fourth-order valence-electron chi connectivity index (χ4n) is 3.31. The van der Waals surface area contributed by atoms with Crippen molar-refractivity contribution in [1.82, 2.24) is 0 Å². The smallest absolute Gasteiger partial charge is 0.0902 e. The molecule has 0 unspecified atom stereocenters. The second-order valence-electron chi connectivity index (χ2n) is 6.99. The van der Waals surface area contributed by atoms with Gasteiger partial charge in [0.25, 0.3) is 0 Å². The SMILES string of the molecule is C=C[C@@](CO)(CCCCCCCCCCC)[C@@H](O)c1ccccc1. The zero-order valence-corrected chi connectivity index (χ0v) is 15.4. The van der Waals surface area contributed by atoms with Crippen molar-refractivity contribution in [1.29, 1.82) is 0 Å². The minimum absolute atomic E-state index is 0.0659. The molecule has 1 rings (SSSR count). The highest BCUT2D eigenvalue weighted by Gasteiger charge is 2.34. The quantitative estimate of drug-likeness (QED) is 0.333. The first-order valence-corrected chi connectivity index (χ1v) is 9.67. The average Bonchev–Trinajstić information content (AvgIpc) is 2.64.